The quantitative estimate of drug-likeness (QED) is 0.867. The van der Waals surface area contributed by atoms with Crippen molar-refractivity contribution in [3.63, 3.8) is 0 Å². The molecule has 2 fully saturated rings. The molecule has 1 aliphatic carbocycles. The highest BCUT2D eigenvalue weighted by molar-refractivity contribution is 5.37. The number of likely N-dealkylation sites (tertiary alicyclic amines) is 1. The number of hydrogen-bond acceptors (Lipinski definition) is 5. The van der Waals surface area contributed by atoms with Gasteiger partial charge in [0.2, 0.25) is 0 Å². The van der Waals surface area contributed by atoms with Crippen molar-refractivity contribution in [2.75, 3.05) is 25.4 Å². The van der Waals surface area contributed by atoms with Crippen LogP contribution >= 0.6 is 0 Å². The van der Waals surface area contributed by atoms with Crippen molar-refractivity contribution < 1.29 is 0 Å². The number of hydrogen-bond donors (Lipinski definition) is 2. The molecule has 1 saturated heterocycles. The summed E-state index contributed by atoms with van der Waals surface area (Å²) in [7, 11) is 0. The Balaban J connectivity index is 1.39. The molecular weight excluding hydrogens is 302 g/mol. The van der Waals surface area contributed by atoms with Gasteiger partial charge in [-0.3, -0.25) is 4.57 Å². The van der Waals surface area contributed by atoms with E-state index in [9.17, 15) is 4.79 Å². The highest BCUT2D eigenvalue weighted by Crippen LogP contribution is 2.47. The fourth-order valence-corrected chi connectivity index (χ4v) is 4.13. The lowest BCUT2D eigenvalue weighted by atomic mass is 9.61. The second-order valence-corrected chi connectivity index (χ2v) is 7.30. The van der Waals surface area contributed by atoms with E-state index >= 15 is 0 Å². The third-order valence-electron chi connectivity index (χ3n) is 5.24. The molecule has 6 nitrogen and oxygen atoms in total. The molecule has 1 spiro atoms. The fourth-order valence-electron chi connectivity index (χ4n) is 4.13. The largest absolute Gasteiger partial charge is 0.383 e. The Labute approximate surface area is 141 Å². The van der Waals surface area contributed by atoms with Crippen LogP contribution in [0, 0.1) is 5.41 Å². The van der Waals surface area contributed by atoms with E-state index in [4.69, 9.17) is 11.5 Å². The molecule has 4 rings (SSSR count). The number of nitrogen functional groups attached to an aromatic ring is 1. The number of anilines is 1. The first-order chi connectivity index (χ1) is 11.5. The summed E-state index contributed by atoms with van der Waals surface area (Å²) in [6.45, 7) is 3.42. The third-order valence-corrected chi connectivity index (χ3v) is 5.24. The normalized spacial score (nSPS) is 19.9. The van der Waals surface area contributed by atoms with Gasteiger partial charge in [0.15, 0.2) is 0 Å². The van der Waals surface area contributed by atoms with Gasteiger partial charge in [0.1, 0.15) is 5.82 Å². The standard InChI is InChI=1S/C18H23N5O/c19-14-9-18(10-14)11-22(12-18)6-4-13-2-1-3-15(8-13)23-7-5-16(20)21-17(23)24/h1-3,5,7-8,14H,4,6,9-12,19H2,(H2,20,21,24). The summed E-state index contributed by atoms with van der Waals surface area (Å²) in [5.74, 6) is 0.245. The highest BCUT2D eigenvalue weighted by Gasteiger charge is 2.50. The molecule has 1 aromatic heterocycles. The van der Waals surface area contributed by atoms with E-state index in [0.717, 1.165) is 18.7 Å². The van der Waals surface area contributed by atoms with Gasteiger partial charge in [-0.1, -0.05) is 12.1 Å². The molecule has 1 saturated carbocycles. The summed E-state index contributed by atoms with van der Waals surface area (Å²) in [5.41, 5.74) is 13.7. The van der Waals surface area contributed by atoms with Gasteiger partial charge in [0.25, 0.3) is 0 Å². The minimum Gasteiger partial charge on any atom is -0.383 e. The SMILES string of the molecule is Nc1ccn(-c2cccc(CCN3CC4(CC(N)C4)C3)c2)c(=O)n1. The molecule has 0 amide bonds. The zero-order valence-electron chi connectivity index (χ0n) is 13.7. The Hall–Kier alpha value is -2.18. The molecule has 6 heteroatoms. The first kappa shape index (κ1) is 15.4. The van der Waals surface area contributed by atoms with Gasteiger partial charge in [0, 0.05) is 31.9 Å². The van der Waals surface area contributed by atoms with Crippen molar-refractivity contribution in [3.05, 3.63) is 52.6 Å². The zero-order valence-corrected chi connectivity index (χ0v) is 13.7. The van der Waals surface area contributed by atoms with Crippen LogP contribution < -0.4 is 17.2 Å². The van der Waals surface area contributed by atoms with E-state index in [0.29, 0.717) is 11.5 Å². The average molecular weight is 325 g/mol. The number of nitrogens with zero attached hydrogens (tertiary/aromatic N) is 3. The molecule has 126 valence electrons. The van der Waals surface area contributed by atoms with Gasteiger partial charge in [-0.05, 0) is 48.4 Å². The monoisotopic (exact) mass is 325 g/mol. The van der Waals surface area contributed by atoms with Crippen LogP contribution in [0.15, 0.2) is 41.3 Å². The number of nitrogens with two attached hydrogens (primary N) is 2. The lowest BCUT2D eigenvalue weighted by molar-refractivity contribution is -0.0698. The van der Waals surface area contributed by atoms with Gasteiger partial charge in [-0.2, -0.15) is 4.98 Å². The van der Waals surface area contributed by atoms with Crippen LogP contribution in [0.2, 0.25) is 0 Å². The minimum absolute atomic E-state index is 0.245. The van der Waals surface area contributed by atoms with Crippen molar-refractivity contribution in [1.29, 1.82) is 0 Å². The Morgan fingerprint density at radius 1 is 1.25 bits per heavy atom. The van der Waals surface area contributed by atoms with Crippen molar-refractivity contribution in [1.82, 2.24) is 14.5 Å². The van der Waals surface area contributed by atoms with Crippen LogP contribution in [0.1, 0.15) is 18.4 Å². The minimum atomic E-state index is -0.349. The molecule has 2 aliphatic rings. The van der Waals surface area contributed by atoms with Gasteiger partial charge in [0.05, 0.1) is 5.69 Å². The van der Waals surface area contributed by atoms with E-state index in [-0.39, 0.29) is 11.5 Å². The van der Waals surface area contributed by atoms with Crippen LogP contribution in [-0.2, 0) is 6.42 Å². The zero-order chi connectivity index (χ0) is 16.7. The molecule has 0 radical (unpaired) electrons. The topological polar surface area (TPSA) is 90.2 Å². The molecule has 0 atom stereocenters. The molecule has 0 bridgehead atoms. The summed E-state index contributed by atoms with van der Waals surface area (Å²) in [5, 5.41) is 0. The van der Waals surface area contributed by atoms with E-state index in [2.05, 4.69) is 16.0 Å². The first-order valence-corrected chi connectivity index (χ1v) is 8.46. The predicted octanol–water partition coefficient (Wildman–Crippen LogP) is 0.780. The Kier molecular flexibility index (Phi) is 3.66. The number of aromatic nitrogens is 2. The van der Waals surface area contributed by atoms with E-state index < -0.39 is 0 Å². The maximum atomic E-state index is 12.0. The van der Waals surface area contributed by atoms with Crippen LogP contribution in [0.3, 0.4) is 0 Å². The molecule has 2 heterocycles. The van der Waals surface area contributed by atoms with Crippen molar-refractivity contribution in [2.24, 2.45) is 11.1 Å². The molecule has 4 N–H and O–H groups in total. The van der Waals surface area contributed by atoms with Crippen LogP contribution in [0.4, 0.5) is 5.82 Å². The van der Waals surface area contributed by atoms with Gasteiger partial charge in [-0.15, -0.1) is 0 Å². The summed E-state index contributed by atoms with van der Waals surface area (Å²) in [6, 6.07) is 10.1. The fraction of sp³-hybridized carbons (Fsp3) is 0.444. The van der Waals surface area contributed by atoms with Crippen molar-refractivity contribution in [3.8, 4) is 5.69 Å². The summed E-state index contributed by atoms with van der Waals surface area (Å²) >= 11 is 0. The Bertz CT molecular complexity index is 801. The molecule has 24 heavy (non-hydrogen) atoms. The van der Waals surface area contributed by atoms with Crippen molar-refractivity contribution in [2.45, 2.75) is 25.3 Å². The predicted molar refractivity (Wildman–Crippen MR) is 94.0 cm³/mol. The smallest absolute Gasteiger partial charge is 0.354 e. The lowest BCUT2D eigenvalue weighted by Gasteiger charge is -2.58. The van der Waals surface area contributed by atoms with E-state index in [1.807, 2.05) is 18.2 Å². The molecule has 1 aliphatic heterocycles. The van der Waals surface area contributed by atoms with Gasteiger partial charge >= 0.3 is 5.69 Å². The van der Waals surface area contributed by atoms with Crippen LogP contribution in [0.25, 0.3) is 5.69 Å². The average Bonchev–Trinajstić information content (AvgIpc) is 2.48. The second-order valence-electron chi connectivity index (χ2n) is 7.30. The summed E-state index contributed by atoms with van der Waals surface area (Å²) < 4.78 is 1.52. The molecular formula is C18H23N5O. The van der Waals surface area contributed by atoms with Gasteiger partial charge in [-0.25, -0.2) is 4.79 Å². The molecule has 0 unspecified atom stereocenters. The molecule has 2 aromatic rings. The van der Waals surface area contributed by atoms with Gasteiger partial charge < -0.3 is 16.4 Å². The summed E-state index contributed by atoms with van der Waals surface area (Å²) in [6.07, 6.45) is 5.02. The Morgan fingerprint density at radius 3 is 2.75 bits per heavy atom. The van der Waals surface area contributed by atoms with E-state index in [1.165, 1.54) is 36.1 Å². The number of benzene rings is 1. The van der Waals surface area contributed by atoms with Crippen molar-refractivity contribution >= 4 is 5.82 Å². The third kappa shape index (κ3) is 2.83. The lowest BCUT2D eigenvalue weighted by Crippen LogP contribution is -2.65. The maximum Gasteiger partial charge on any atom is 0.354 e. The Morgan fingerprint density at radius 2 is 2.04 bits per heavy atom. The molecule has 1 aromatic carbocycles. The summed E-state index contributed by atoms with van der Waals surface area (Å²) in [4.78, 5) is 18.2. The van der Waals surface area contributed by atoms with Crippen LogP contribution in [-0.4, -0.2) is 40.1 Å². The van der Waals surface area contributed by atoms with Crippen LogP contribution in [0.5, 0.6) is 0 Å². The highest BCUT2D eigenvalue weighted by atomic mass is 16.1. The first-order valence-electron chi connectivity index (χ1n) is 8.46. The van der Waals surface area contributed by atoms with E-state index in [1.54, 1.807) is 12.3 Å². The maximum absolute atomic E-state index is 12.0. The second kappa shape index (κ2) is 5.72. The number of rotatable bonds is 4.